The molecule has 0 bridgehead atoms. The molecule has 0 aromatic carbocycles. The van der Waals surface area contributed by atoms with Gasteiger partial charge in [0, 0.05) is 0 Å². The Morgan fingerprint density at radius 2 is 2.22 bits per heavy atom. The van der Waals surface area contributed by atoms with Gasteiger partial charge in [0.15, 0.2) is 0 Å². The van der Waals surface area contributed by atoms with E-state index in [0.29, 0.717) is 5.92 Å². The SMILES string of the molecule is [C-]#C.[CH2-]CC1[C-]=C=C1.[U+3]. The molecule has 0 aromatic rings. The Morgan fingerprint density at radius 3 is 2.22 bits per heavy atom. The Balaban J connectivity index is 0. The molecule has 0 spiro atoms. The third kappa shape index (κ3) is 4.62. The third-order valence-electron chi connectivity index (χ3n) is 0.864. The summed E-state index contributed by atoms with van der Waals surface area (Å²) >= 11 is 0. The van der Waals surface area contributed by atoms with E-state index in [4.69, 9.17) is 6.42 Å². The normalized spacial score (nSPS) is 18.3. The Kier molecular flexibility index (Phi) is 10.7. The number of rotatable bonds is 1. The predicted octanol–water partition coefficient (Wildman–Crippen LogP) is 1.56. The zero-order valence-electron chi connectivity index (χ0n) is 5.15. The molecule has 9 heavy (non-hydrogen) atoms. The van der Waals surface area contributed by atoms with E-state index in [9.17, 15) is 0 Å². The number of hydrogen-bond donors (Lipinski definition) is 0. The summed E-state index contributed by atoms with van der Waals surface area (Å²) < 4.78 is 0. The van der Waals surface area contributed by atoms with Crippen molar-refractivity contribution < 1.29 is 31.1 Å². The summed E-state index contributed by atoms with van der Waals surface area (Å²) in [5.41, 5.74) is 2.80. The molecule has 1 aliphatic rings. The monoisotopic (exact) mass is 341 g/mol. The summed E-state index contributed by atoms with van der Waals surface area (Å²) in [6.07, 6.45) is 14.8. The molecule has 0 amide bonds. The van der Waals surface area contributed by atoms with Gasteiger partial charge in [0.1, 0.15) is 0 Å². The third-order valence-corrected chi connectivity index (χ3v) is 0.864. The molecule has 0 fully saturated rings. The van der Waals surface area contributed by atoms with Crippen LogP contribution in [0, 0.1) is 62.9 Å². The van der Waals surface area contributed by atoms with Gasteiger partial charge in [-0.2, -0.15) is 5.92 Å². The molecule has 1 rings (SSSR count). The second kappa shape index (κ2) is 8.13. The average molecular weight is 341 g/mol. The van der Waals surface area contributed by atoms with E-state index >= 15 is 0 Å². The van der Waals surface area contributed by atoms with Crippen LogP contribution in [-0.4, -0.2) is 0 Å². The van der Waals surface area contributed by atoms with Gasteiger partial charge in [-0.15, -0.1) is 0 Å². The maximum atomic E-state index is 5.25. The minimum Gasteiger partial charge on any atom is -0.697 e. The van der Waals surface area contributed by atoms with Gasteiger partial charge in [0.25, 0.3) is 0 Å². The van der Waals surface area contributed by atoms with Crippen molar-refractivity contribution in [3.8, 4) is 6.42 Å². The van der Waals surface area contributed by atoms with Crippen molar-refractivity contribution in [2.75, 3.05) is 0 Å². The van der Waals surface area contributed by atoms with Crippen LogP contribution in [-0.2, 0) is 0 Å². The fourth-order valence-electron chi connectivity index (χ4n) is 0.357. The zero-order valence-corrected chi connectivity index (χ0v) is 9.31. The molecular formula is C8H7U. The van der Waals surface area contributed by atoms with Gasteiger partial charge in [0.05, 0.1) is 0 Å². The van der Waals surface area contributed by atoms with Crippen LogP contribution < -0.4 is 0 Å². The molecule has 0 saturated carbocycles. The van der Waals surface area contributed by atoms with E-state index in [1.807, 2.05) is 6.08 Å². The van der Waals surface area contributed by atoms with E-state index in [-0.39, 0.29) is 31.1 Å². The molecule has 1 atom stereocenters. The van der Waals surface area contributed by atoms with Gasteiger partial charge >= 0.3 is 31.1 Å². The van der Waals surface area contributed by atoms with Crippen LogP contribution in [0.5, 0.6) is 0 Å². The van der Waals surface area contributed by atoms with Crippen molar-refractivity contribution in [3.05, 3.63) is 31.2 Å². The second-order valence-electron chi connectivity index (χ2n) is 1.35. The zero-order chi connectivity index (χ0) is 6.41. The van der Waals surface area contributed by atoms with Gasteiger partial charge in [-0.3, -0.25) is 0 Å². The second-order valence-corrected chi connectivity index (χ2v) is 1.35. The molecule has 0 saturated heterocycles. The summed E-state index contributed by atoms with van der Waals surface area (Å²) in [7, 11) is 0. The molecule has 1 unspecified atom stereocenters. The van der Waals surface area contributed by atoms with E-state index in [1.54, 1.807) is 0 Å². The Morgan fingerprint density at radius 1 is 1.78 bits per heavy atom. The van der Waals surface area contributed by atoms with Crippen LogP contribution in [0.3, 0.4) is 0 Å². The fraction of sp³-hybridized carbons (Fsp3) is 0.250. The molecule has 0 aromatic heterocycles. The first-order valence-electron chi connectivity index (χ1n) is 2.36. The minimum atomic E-state index is 0. The summed E-state index contributed by atoms with van der Waals surface area (Å²) in [5, 5.41) is 0. The van der Waals surface area contributed by atoms with Gasteiger partial charge in [-0.1, -0.05) is 0 Å². The Bertz CT molecular complexity index is 119. The first-order valence-corrected chi connectivity index (χ1v) is 2.36. The molecule has 43 valence electrons. The minimum absolute atomic E-state index is 0. The van der Waals surface area contributed by atoms with Crippen LogP contribution in [0.2, 0.25) is 0 Å². The fourth-order valence-corrected chi connectivity index (χ4v) is 0.357. The molecule has 0 aliphatic heterocycles. The maximum absolute atomic E-state index is 5.25. The number of terminal acetylenes is 1. The summed E-state index contributed by atoms with van der Waals surface area (Å²) in [6, 6.07) is 0. The van der Waals surface area contributed by atoms with E-state index in [2.05, 4.69) is 25.2 Å². The van der Waals surface area contributed by atoms with Crippen LogP contribution >= 0.6 is 0 Å². The summed E-state index contributed by atoms with van der Waals surface area (Å²) in [6.45, 7) is 3.67. The van der Waals surface area contributed by atoms with Gasteiger partial charge in [-0.05, 0) is 0 Å². The van der Waals surface area contributed by atoms with Gasteiger partial charge < -0.3 is 25.5 Å². The van der Waals surface area contributed by atoms with Crippen molar-refractivity contribution in [2.24, 2.45) is 5.92 Å². The average Bonchev–Trinajstić information content (AvgIpc) is 1.69. The topological polar surface area (TPSA) is 0 Å². The van der Waals surface area contributed by atoms with E-state index < -0.39 is 0 Å². The quantitative estimate of drug-likeness (QED) is 0.386. The first-order chi connectivity index (χ1) is 3.93. The first kappa shape index (κ1) is 11.9. The number of allylic oxidation sites excluding steroid dienone is 1. The van der Waals surface area contributed by atoms with Crippen molar-refractivity contribution in [2.45, 2.75) is 6.42 Å². The van der Waals surface area contributed by atoms with Crippen LogP contribution in [0.4, 0.5) is 0 Å². The molecule has 0 heterocycles. The Labute approximate surface area is 80.8 Å². The number of hydrogen-bond acceptors (Lipinski definition) is 0. The molecule has 1 aliphatic carbocycles. The van der Waals surface area contributed by atoms with E-state index in [0.717, 1.165) is 6.42 Å². The van der Waals surface area contributed by atoms with Gasteiger partial charge in [0.2, 0.25) is 0 Å². The maximum Gasteiger partial charge on any atom is 3.00 e. The standard InChI is InChI=1S/C6H6.C2H.U/c1-2-6-4-3-5-6;1-2;/h4,6H,1-2H2;1H;/q-2;-1;+3. The van der Waals surface area contributed by atoms with Crippen molar-refractivity contribution in [1.82, 2.24) is 0 Å². The van der Waals surface area contributed by atoms with Crippen molar-refractivity contribution in [1.29, 1.82) is 0 Å². The molecule has 0 N–H and O–H groups in total. The van der Waals surface area contributed by atoms with Crippen LogP contribution in [0.15, 0.2) is 11.8 Å². The van der Waals surface area contributed by atoms with Crippen LogP contribution in [0.25, 0.3) is 0 Å². The van der Waals surface area contributed by atoms with E-state index in [1.165, 1.54) is 0 Å². The van der Waals surface area contributed by atoms with Crippen molar-refractivity contribution >= 4 is 0 Å². The molecule has 1 radical (unpaired) electrons. The largest absolute Gasteiger partial charge is 3.00 e. The molecule has 1 heteroatoms. The van der Waals surface area contributed by atoms with Gasteiger partial charge in [-0.25, -0.2) is 18.6 Å². The summed E-state index contributed by atoms with van der Waals surface area (Å²) in [5.74, 6) is 0.519. The summed E-state index contributed by atoms with van der Waals surface area (Å²) in [4.78, 5) is 0. The Hall–Kier alpha value is 0.132. The molecular weight excluding hydrogens is 334 g/mol. The molecule has 0 nitrogen and oxygen atoms in total. The van der Waals surface area contributed by atoms with Crippen LogP contribution in [0.1, 0.15) is 6.42 Å². The van der Waals surface area contributed by atoms with Crippen molar-refractivity contribution in [3.63, 3.8) is 0 Å². The predicted molar refractivity (Wildman–Crippen MR) is 33.0 cm³/mol. The smallest absolute Gasteiger partial charge is 0.697 e.